The van der Waals surface area contributed by atoms with E-state index in [1.54, 1.807) is 7.11 Å². The largest absolute Gasteiger partial charge is 0.380 e. The molecule has 1 amide bonds. The van der Waals surface area contributed by atoms with Crippen molar-refractivity contribution < 1.29 is 9.53 Å². The van der Waals surface area contributed by atoms with Gasteiger partial charge in [0.1, 0.15) is 0 Å². The molecule has 0 radical (unpaired) electrons. The van der Waals surface area contributed by atoms with E-state index in [1.165, 1.54) is 38.5 Å². The van der Waals surface area contributed by atoms with Crippen LogP contribution in [-0.4, -0.2) is 38.3 Å². The minimum Gasteiger partial charge on any atom is -0.380 e. The van der Waals surface area contributed by atoms with Crippen molar-refractivity contribution in [3.05, 3.63) is 0 Å². The Morgan fingerprint density at radius 1 is 1.14 bits per heavy atom. The highest BCUT2D eigenvalue weighted by molar-refractivity contribution is 5.82. The van der Waals surface area contributed by atoms with Gasteiger partial charge in [-0.15, -0.1) is 0 Å². The van der Waals surface area contributed by atoms with E-state index in [-0.39, 0.29) is 18.1 Å². The number of rotatable bonds is 4. The molecule has 4 aliphatic carbocycles. The summed E-state index contributed by atoms with van der Waals surface area (Å²) in [6.45, 7) is 1.71. The van der Waals surface area contributed by atoms with Crippen LogP contribution in [0.15, 0.2) is 0 Å². The van der Waals surface area contributed by atoms with Crippen LogP contribution in [0.4, 0.5) is 0 Å². The van der Waals surface area contributed by atoms with Crippen LogP contribution < -0.4 is 10.6 Å². The fourth-order valence-electron chi connectivity index (χ4n) is 5.99. The van der Waals surface area contributed by atoms with Crippen LogP contribution in [0, 0.1) is 23.2 Å². The highest BCUT2D eigenvalue weighted by Crippen LogP contribution is 2.59. The lowest BCUT2D eigenvalue weighted by atomic mass is 9.49. The summed E-state index contributed by atoms with van der Waals surface area (Å²) in [7, 11) is 1.72. The summed E-state index contributed by atoms with van der Waals surface area (Å²) in [5.41, 5.74) is 0.434. The first kappa shape index (κ1) is 14.0. The topological polar surface area (TPSA) is 50.4 Å². The molecule has 2 N–H and O–H groups in total. The molecule has 4 bridgehead atoms. The zero-order valence-electron chi connectivity index (χ0n) is 13.1. The second-order valence-electron chi connectivity index (χ2n) is 8.19. The Kier molecular flexibility index (Phi) is 3.49. The van der Waals surface area contributed by atoms with E-state index in [2.05, 4.69) is 10.6 Å². The lowest BCUT2D eigenvalue weighted by Crippen LogP contribution is -2.52. The van der Waals surface area contributed by atoms with Crippen LogP contribution in [0.2, 0.25) is 0 Å². The fraction of sp³-hybridized carbons (Fsp3) is 0.941. The number of nitrogens with one attached hydrogen (secondary N) is 2. The normalized spacial score (nSPS) is 47.8. The number of amides is 1. The number of carbonyl (C=O) groups excluding carboxylic acids is 1. The van der Waals surface area contributed by atoms with Crippen molar-refractivity contribution >= 4 is 5.91 Å². The van der Waals surface area contributed by atoms with E-state index in [0.717, 1.165) is 37.3 Å². The third-order valence-electron chi connectivity index (χ3n) is 6.54. The van der Waals surface area contributed by atoms with Crippen molar-refractivity contribution in [3.8, 4) is 0 Å². The molecular weight excluding hydrogens is 264 g/mol. The maximum atomic E-state index is 12.4. The molecule has 1 aliphatic heterocycles. The van der Waals surface area contributed by atoms with E-state index in [0.29, 0.717) is 5.41 Å². The van der Waals surface area contributed by atoms with Crippen LogP contribution in [0.3, 0.4) is 0 Å². The van der Waals surface area contributed by atoms with Gasteiger partial charge < -0.3 is 15.4 Å². The van der Waals surface area contributed by atoms with Gasteiger partial charge in [0.15, 0.2) is 0 Å². The van der Waals surface area contributed by atoms with Crippen LogP contribution in [0.5, 0.6) is 0 Å². The van der Waals surface area contributed by atoms with Crippen molar-refractivity contribution in [2.24, 2.45) is 23.2 Å². The molecule has 5 fully saturated rings. The van der Waals surface area contributed by atoms with Crippen molar-refractivity contribution in [1.29, 1.82) is 0 Å². The first-order chi connectivity index (χ1) is 10.2. The SMILES string of the molecule is COC1CNC(C(=O)NCC23CC4CC(CC(C4)C2)C3)C1. The van der Waals surface area contributed by atoms with Crippen LogP contribution >= 0.6 is 0 Å². The van der Waals surface area contributed by atoms with Crippen LogP contribution in [-0.2, 0) is 9.53 Å². The molecule has 5 aliphatic rings. The maximum absolute atomic E-state index is 12.4. The lowest BCUT2D eigenvalue weighted by Gasteiger charge is -2.57. The van der Waals surface area contributed by atoms with Crippen LogP contribution in [0.25, 0.3) is 0 Å². The molecule has 0 aromatic rings. The molecule has 4 heteroatoms. The van der Waals surface area contributed by atoms with Gasteiger partial charge in [-0.1, -0.05) is 0 Å². The summed E-state index contributed by atoms with van der Waals surface area (Å²) < 4.78 is 5.33. The minimum absolute atomic E-state index is 0.0520. The average molecular weight is 292 g/mol. The van der Waals surface area contributed by atoms with Gasteiger partial charge in [0.25, 0.3) is 0 Å². The van der Waals surface area contributed by atoms with Crippen molar-refractivity contribution in [3.63, 3.8) is 0 Å². The Morgan fingerprint density at radius 3 is 2.29 bits per heavy atom. The van der Waals surface area contributed by atoms with Crippen molar-refractivity contribution in [2.75, 3.05) is 20.2 Å². The highest BCUT2D eigenvalue weighted by Gasteiger charge is 2.50. The molecule has 1 heterocycles. The summed E-state index contributed by atoms with van der Waals surface area (Å²) in [5.74, 6) is 3.05. The second kappa shape index (κ2) is 5.24. The predicted octanol–water partition coefficient (Wildman–Crippen LogP) is 1.70. The van der Waals surface area contributed by atoms with Gasteiger partial charge in [0, 0.05) is 20.2 Å². The standard InChI is InChI=1S/C17H28N2O2/c1-21-14-5-15(18-9-14)16(20)19-10-17-6-11-2-12(7-17)4-13(3-11)8-17/h11-15,18H,2-10H2,1H3,(H,19,20). The maximum Gasteiger partial charge on any atom is 0.237 e. The van der Waals surface area contributed by atoms with E-state index in [1.807, 2.05) is 0 Å². The summed E-state index contributed by atoms with van der Waals surface area (Å²) in [6.07, 6.45) is 9.48. The first-order valence-electron chi connectivity index (χ1n) is 8.70. The second-order valence-corrected chi connectivity index (χ2v) is 8.19. The molecule has 0 aromatic carbocycles. The van der Waals surface area contributed by atoms with Gasteiger partial charge in [0.05, 0.1) is 12.1 Å². The molecular formula is C17H28N2O2. The van der Waals surface area contributed by atoms with E-state index >= 15 is 0 Å². The number of hydrogen-bond acceptors (Lipinski definition) is 3. The third kappa shape index (κ3) is 2.61. The molecule has 2 unspecified atom stereocenters. The molecule has 5 rings (SSSR count). The Balaban J connectivity index is 1.33. The number of methoxy groups -OCH3 is 1. The highest BCUT2D eigenvalue weighted by atomic mass is 16.5. The third-order valence-corrected chi connectivity index (χ3v) is 6.54. The van der Waals surface area contributed by atoms with E-state index < -0.39 is 0 Å². The van der Waals surface area contributed by atoms with Gasteiger partial charge in [-0.25, -0.2) is 0 Å². The summed E-state index contributed by atoms with van der Waals surface area (Å²) in [6, 6.07) is -0.0520. The smallest absolute Gasteiger partial charge is 0.237 e. The monoisotopic (exact) mass is 292 g/mol. The quantitative estimate of drug-likeness (QED) is 0.829. The number of carbonyl (C=O) groups is 1. The molecule has 4 nitrogen and oxygen atoms in total. The Morgan fingerprint density at radius 2 is 1.76 bits per heavy atom. The van der Waals surface area contributed by atoms with Crippen molar-refractivity contribution in [2.45, 2.75) is 57.1 Å². The van der Waals surface area contributed by atoms with Gasteiger partial charge in [-0.3, -0.25) is 4.79 Å². The molecule has 2 atom stereocenters. The summed E-state index contributed by atoms with van der Waals surface area (Å²) in [4.78, 5) is 12.4. The lowest BCUT2D eigenvalue weighted by molar-refractivity contribution is -0.125. The molecule has 4 saturated carbocycles. The van der Waals surface area contributed by atoms with E-state index in [9.17, 15) is 4.79 Å². The Labute approximate surface area is 127 Å². The molecule has 118 valence electrons. The number of ether oxygens (including phenoxy) is 1. The minimum atomic E-state index is -0.0520. The molecule has 0 aromatic heterocycles. The van der Waals surface area contributed by atoms with Gasteiger partial charge in [0.2, 0.25) is 5.91 Å². The van der Waals surface area contributed by atoms with Gasteiger partial charge in [-0.05, 0) is 68.1 Å². The fourth-order valence-corrected chi connectivity index (χ4v) is 5.99. The molecule has 1 saturated heterocycles. The molecule has 21 heavy (non-hydrogen) atoms. The van der Waals surface area contributed by atoms with E-state index in [4.69, 9.17) is 4.74 Å². The first-order valence-corrected chi connectivity index (χ1v) is 8.70. The zero-order chi connectivity index (χ0) is 14.4. The predicted molar refractivity (Wildman–Crippen MR) is 80.8 cm³/mol. The summed E-state index contributed by atoms with van der Waals surface area (Å²) in [5, 5.41) is 6.55. The average Bonchev–Trinajstić information content (AvgIpc) is 2.92. The Bertz CT molecular complexity index is 388. The van der Waals surface area contributed by atoms with Gasteiger partial charge in [-0.2, -0.15) is 0 Å². The van der Waals surface area contributed by atoms with Crippen LogP contribution in [0.1, 0.15) is 44.9 Å². The number of hydrogen-bond donors (Lipinski definition) is 2. The summed E-state index contributed by atoms with van der Waals surface area (Å²) >= 11 is 0. The van der Waals surface area contributed by atoms with Gasteiger partial charge >= 0.3 is 0 Å². The Hall–Kier alpha value is -0.610. The van der Waals surface area contributed by atoms with Crippen molar-refractivity contribution in [1.82, 2.24) is 10.6 Å². The zero-order valence-corrected chi connectivity index (χ0v) is 13.1. The molecule has 0 spiro atoms.